The minimum absolute atomic E-state index is 0.112. The molecule has 2 aromatic rings. The van der Waals surface area contributed by atoms with Gasteiger partial charge in [0, 0.05) is 11.6 Å². The minimum Gasteiger partial charge on any atom is -0.207 e. The van der Waals surface area contributed by atoms with E-state index in [4.69, 9.17) is 11.6 Å². The third-order valence-corrected chi connectivity index (χ3v) is 3.40. The molecule has 2 rings (SSSR count). The highest BCUT2D eigenvalue weighted by molar-refractivity contribution is 6.21. The molecule has 0 N–H and O–H groups in total. The number of benzene rings is 2. The van der Waals surface area contributed by atoms with Crippen LogP contribution >= 0.6 is 11.6 Å². The highest BCUT2D eigenvalue weighted by atomic mass is 35.5. The van der Waals surface area contributed by atoms with Gasteiger partial charge in [0.25, 0.3) is 0 Å². The first-order chi connectivity index (χ1) is 9.38. The third kappa shape index (κ3) is 3.12. The summed E-state index contributed by atoms with van der Waals surface area (Å²) >= 11 is 6.08. The van der Waals surface area contributed by atoms with E-state index in [1.807, 2.05) is 0 Å². The number of hydrogen-bond donors (Lipinski definition) is 0. The van der Waals surface area contributed by atoms with Gasteiger partial charge in [0.1, 0.15) is 11.6 Å². The van der Waals surface area contributed by atoms with Gasteiger partial charge in [-0.1, -0.05) is 6.07 Å². The highest BCUT2D eigenvalue weighted by Crippen LogP contribution is 2.29. The molecular weight excluding hydrogens is 292 g/mol. The van der Waals surface area contributed by atoms with Gasteiger partial charge in [0.2, 0.25) is 0 Å². The molecule has 0 saturated carbocycles. The van der Waals surface area contributed by atoms with Crippen molar-refractivity contribution in [3.05, 3.63) is 70.3 Å². The van der Waals surface area contributed by atoms with Crippen LogP contribution in [0.1, 0.15) is 22.1 Å². The van der Waals surface area contributed by atoms with Crippen molar-refractivity contribution in [2.45, 2.75) is 18.7 Å². The standard InChI is InChI=1S/C15H11ClF4/c1-8-4-10(14(19)7-13(8)18)11(16)5-9-2-3-12(17)15(20)6-9/h2-4,6-7,11H,5H2,1H3. The first kappa shape index (κ1) is 14.9. The van der Waals surface area contributed by atoms with Crippen LogP contribution in [0.3, 0.4) is 0 Å². The summed E-state index contributed by atoms with van der Waals surface area (Å²) in [5.74, 6) is -3.34. The van der Waals surface area contributed by atoms with Gasteiger partial charge in [-0.05, 0) is 42.7 Å². The average molecular weight is 303 g/mol. The number of halogens is 5. The maximum atomic E-state index is 13.7. The SMILES string of the molecule is Cc1cc(C(Cl)Cc2ccc(F)c(F)c2)c(F)cc1F. The van der Waals surface area contributed by atoms with Gasteiger partial charge < -0.3 is 0 Å². The van der Waals surface area contributed by atoms with Crippen molar-refractivity contribution in [3.8, 4) is 0 Å². The zero-order valence-corrected chi connectivity index (χ0v) is 11.3. The second kappa shape index (κ2) is 5.83. The number of hydrogen-bond acceptors (Lipinski definition) is 0. The molecule has 0 fully saturated rings. The molecule has 0 amide bonds. The minimum atomic E-state index is -0.984. The molecule has 20 heavy (non-hydrogen) atoms. The molecule has 0 heterocycles. The highest BCUT2D eigenvalue weighted by Gasteiger charge is 2.17. The summed E-state index contributed by atoms with van der Waals surface area (Å²) in [6.45, 7) is 1.50. The van der Waals surface area contributed by atoms with E-state index >= 15 is 0 Å². The number of alkyl halides is 1. The molecule has 0 aliphatic carbocycles. The van der Waals surface area contributed by atoms with Gasteiger partial charge in [-0.25, -0.2) is 17.6 Å². The summed E-state index contributed by atoms with van der Waals surface area (Å²) in [4.78, 5) is 0. The average Bonchev–Trinajstić information content (AvgIpc) is 2.38. The van der Waals surface area contributed by atoms with E-state index < -0.39 is 28.6 Å². The third-order valence-electron chi connectivity index (χ3n) is 3.01. The van der Waals surface area contributed by atoms with Crippen LogP contribution in [-0.4, -0.2) is 0 Å². The Morgan fingerprint density at radius 2 is 1.60 bits per heavy atom. The summed E-state index contributed by atoms with van der Waals surface area (Å²) < 4.78 is 52.7. The van der Waals surface area contributed by atoms with Crippen LogP contribution in [0.25, 0.3) is 0 Å². The summed E-state index contributed by atoms with van der Waals surface area (Å²) in [6, 6.07) is 5.47. The zero-order chi connectivity index (χ0) is 14.9. The van der Waals surface area contributed by atoms with Crippen molar-refractivity contribution in [1.82, 2.24) is 0 Å². The molecule has 106 valence electrons. The first-order valence-electron chi connectivity index (χ1n) is 5.92. The number of aryl methyl sites for hydroxylation is 1. The first-order valence-corrected chi connectivity index (χ1v) is 6.35. The summed E-state index contributed by atoms with van der Waals surface area (Å²) in [5, 5.41) is -0.792. The fourth-order valence-electron chi connectivity index (χ4n) is 1.90. The van der Waals surface area contributed by atoms with Gasteiger partial charge in [0.05, 0.1) is 5.38 Å². The molecule has 0 bridgehead atoms. The molecule has 0 saturated heterocycles. The fraction of sp³-hybridized carbons (Fsp3) is 0.200. The molecule has 5 heteroatoms. The lowest BCUT2D eigenvalue weighted by molar-refractivity contribution is 0.506. The summed E-state index contributed by atoms with van der Waals surface area (Å²) in [6.07, 6.45) is 0.112. The van der Waals surface area contributed by atoms with Gasteiger partial charge >= 0.3 is 0 Å². The van der Waals surface area contributed by atoms with Crippen molar-refractivity contribution in [2.24, 2.45) is 0 Å². The van der Waals surface area contributed by atoms with E-state index in [0.29, 0.717) is 5.56 Å². The van der Waals surface area contributed by atoms with E-state index in [0.717, 1.165) is 18.2 Å². The van der Waals surface area contributed by atoms with Crippen molar-refractivity contribution in [1.29, 1.82) is 0 Å². The van der Waals surface area contributed by atoms with Crippen molar-refractivity contribution in [2.75, 3.05) is 0 Å². The van der Waals surface area contributed by atoms with E-state index in [9.17, 15) is 17.6 Å². The monoisotopic (exact) mass is 302 g/mol. The zero-order valence-electron chi connectivity index (χ0n) is 10.6. The van der Waals surface area contributed by atoms with Gasteiger partial charge in [0.15, 0.2) is 11.6 Å². The Hall–Kier alpha value is -1.55. The van der Waals surface area contributed by atoms with Crippen LogP contribution in [0, 0.1) is 30.2 Å². The van der Waals surface area contributed by atoms with Crippen molar-refractivity contribution >= 4 is 11.6 Å². The molecule has 0 spiro atoms. The lowest BCUT2D eigenvalue weighted by Crippen LogP contribution is -2.02. The molecule has 0 aliphatic heterocycles. The predicted molar refractivity (Wildman–Crippen MR) is 69.8 cm³/mol. The smallest absolute Gasteiger partial charge is 0.159 e. The predicted octanol–water partition coefficient (Wildman–Crippen LogP) is 5.07. The Morgan fingerprint density at radius 1 is 0.900 bits per heavy atom. The van der Waals surface area contributed by atoms with Crippen molar-refractivity contribution < 1.29 is 17.6 Å². The normalized spacial score (nSPS) is 12.5. The molecule has 0 aromatic heterocycles. The van der Waals surface area contributed by atoms with Crippen LogP contribution < -0.4 is 0 Å². The molecule has 0 nitrogen and oxygen atoms in total. The Bertz CT molecular complexity index is 640. The van der Waals surface area contributed by atoms with Crippen molar-refractivity contribution in [3.63, 3.8) is 0 Å². The van der Waals surface area contributed by atoms with E-state index in [1.165, 1.54) is 19.1 Å². The second-order valence-electron chi connectivity index (χ2n) is 4.54. The summed E-state index contributed by atoms with van der Waals surface area (Å²) in [7, 11) is 0. The molecule has 0 aliphatic rings. The fourth-order valence-corrected chi connectivity index (χ4v) is 2.25. The number of rotatable bonds is 3. The molecule has 2 aromatic carbocycles. The topological polar surface area (TPSA) is 0 Å². The van der Waals surface area contributed by atoms with E-state index in [2.05, 4.69) is 0 Å². The quantitative estimate of drug-likeness (QED) is 0.548. The Balaban J connectivity index is 2.25. The van der Waals surface area contributed by atoms with Crippen LogP contribution in [-0.2, 0) is 6.42 Å². The molecule has 0 radical (unpaired) electrons. The summed E-state index contributed by atoms with van der Waals surface area (Å²) in [5.41, 5.74) is 0.845. The van der Waals surface area contributed by atoms with E-state index in [1.54, 1.807) is 0 Å². The molecule has 1 unspecified atom stereocenters. The van der Waals surface area contributed by atoms with Crippen LogP contribution in [0.2, 0.25) is 0 Å². The van der Waals surface area contributed by atoms with Crippen LogP contribution in [0.4, 0.5) is 17.6 Å². The second-order valence-corrected chi connectivity index (χ2v) is 5.07. The van der Waals surface area contributed by atoms with Crippen LogP contribution in [0.5, 0.6) is 0 Å². The molecule has 1 atom stereocenters. The van der Waals surface area contributed by atoms with E-state index in [-0.39, 0.29) is 17.5 Å². The lowest BCUT2D eigenvalue weighted by atomic mass is 10.0. The van der Waals surface area contributed by atoms with Gasteiger partial charge in [-0.2, -0.15) is 0 Å². The Morgan fingerprint density at radius 3 is 2.25 bits per heavy atom. The van der Waals surface area contributed by atoms with Gasteiger partial charge in [-0.3, -0.25) is 0 Å². The Kier molecular flexibility index (Phi) is 4.33. The molecular formula is C15H11ClF4. The maximum Gasteiger partial charge on any atom is 0.159 e. The largest absolute Gasteiger partial charge is 0.207 e. The Labute approximate surface area is 119 Å². The van der Waals surface area contributed by atoms with Gasteiger partial charge in [-0.15, -0.1) is 11.6 Å². The van der Waals surface area contributed by atoms with Crippen LogP contribution in [0.15, 0.2) is 30.3 Å². The lowest BCUT2D eigenvalue weighted by Gasteiger charge is -2.12. The maximum absolute atomic E-state index is 13.7.